The zero-order valence-electron chi connectivity index (χ0n) is 10.1. The van der Waals surface area contributed by atoms with Gasteiger partial charge in [-0.05, 0) is 38.3 Å². The number of hydrogen-bond acceptors (Lipinski definition) is 2. The van der Waals surface area contributed by atoms with Gasteiger partial charge < -0.3 is 10.0 Å². The van der Waals surface area contributed by atoms with Crippen LogP contribution in [0.25, 0.3) is 0 Å². The van der Waals surface area contributed by atoms with Gasteiger partial charge in [0.1, 0.15) is 0 Å². The Morgan fingerprint density at radius 2 is 1.86 bits per heavy atom. The van der Waals surface area contributed by atoms with E-state index in [0.29, 0.717) is 12.0 Å². The Labute approximate surface area is 88.3 Å². The maximum Gasteiger partial charge on any atom is 0.0499 e. The van der Waals surface area contributed by atoms with Crippen LogP contribution in [0.3, 0.4) is 0 Å². The predicted molar refractivity (Wildman–Crippen MR) is 60.3 cm³/mol. The first-order valence-corrected chi connectivity index (χ1v) is 5.66. The number of rotatable bonds is 5. The molecular weight excluding hydrogens is 174 g/mol. The van der Waals surface area contributed by atoms with Crippen LogP contribution in [0.2, 0.25) is 0 Å². The van der Waals surface area contributed by atoms with Crippen LogP contribution in [0.15, 0.2) is 0 Å². The summed E-state index contributed by atoms with van der Waals surface area (Å²) in [6.45, 7) is 9.41. The molecule has 0 aliphatic heterocycles. The Morgan fingerprint density at radius 1 is 1.29 bits per heavy atom. The van der Waals surface area contributed by atoms with Gasteiger partial charge in [0.2, 0.25) is 0 Å². The minimum Gasteiger partial charge on any atom is -0.396 e. The summed E-state index contributed by atoms with van der Waals surface area (Å²) in [5.41, 5.74) is 0.691. The molecule has 84 valence electrons. The normalized spacial score (nSPS) is 20.1. The largest absolute Gasteiger partial charge is 0.396 e. The third-order valence-electron chi connectivity index (χ3n) is 3.14. The number of hydrogen-bond donors (Lipinski definition) is 1. The van der Waals surface area contributed by atoms with E-state index in [9.17, 15) is 5.11 Å². The summed E-state index contributed by atoms with van der Waals surface area (Å²) >= 11 is 0. The maximum atomic E-state index is 9.21. The van der Waals surface area contributed by atoms with Crippen LogP contribution >= 0.6 is 0 Å². The van der Waals surface area contributed by atoms with Crippen molar-refractivity contribution in [3.63, 3.8) is 0 Å². The minimum absolute atomic E-state index is 0.270. The zero-order valence-corrected chi connectivity index (χ0v) is 10.1. The molecular formula is C12H25NO. The summed E-state index contributed by atoms with van der Waals surface area (Å²) in [5, 5.41) is 9.21. The molecule has 1 aliphatic rings. The molecule has 0 bridgehead atoms. The lowest BCUT2D eigenvalue weighted by molar-refractivity contribution is 0.155. The molecule has 1 rings (SSSR count). The van der Waals surface area contributed by atoms with Gasteiger partial charge in [0.05, 0.1) is 0 Å². The lowest BCUT2D eigenvalue weighted by Crippen LogP contribution is -2.31. The van der Waals surface area contributed by atoms with Crippen LogP contribution in [-0.4, -0.2) is 36.8 Å². The standard InChI is InChI=1S/C12H25NO/c1-11(2,3)7-8-13(4)9-12(10-14)5-6-12/h14H,5-10H2,1-4H3. The van der Waals surface area contributed by atoms with Gasteiger partial charge in [-0.3, -0.25) is 0 Å². The van der Waals surface area contributed by atoms with E-state index in [4.69, 9.17) is 0 Å². The highest BCUT2D eigenvalue weighted by Gasteiger charge is 2.42. The topological polar surface area (TPSA) is 23.5 Å². The Hall–Kier alpha value is -0.0800. The average molecular weight is 199 g/mol. The second-order valence-electron chi connectivity index (χ2n) is 6.21. The van der Waals surface area contributed by atoms with E-state index in [2.05, 4.69) is 32.7 Å². The third-order valence-corrected chi connectivity index (χ3v) is 3.14. The van der Waals surface area contributed by atoms with Gasteiger partial charge in [-0.25, -0.2) is 0 Å². The molecule has 0 radical (unpaired) electrons. The van der Waals surface area contributed by atoms with Crippen LogP contribution in [0.1, 0.15) is 40.0 Å². The molecule has 0 heterocycles. The molecule has 1 saturated carbocycles. The van der Waals surface area contributed by atoms with Crippen molar-refractivity contribution in [3.05, 3.63) is 0 Å². The highest BCUT2D eigenvalue weighted by atomic mass is 16.3. The average Bonchev–Trinajstić information content (AvgIpc) is 2.81. The lowest BCUT2D eigenvalue weighted by atomic mass is 9.92. The van der Waals surface area contributed by atoms with E-state index < -0.39 is 0 Å². The van der Waals surface area contributed by atoms with Crippen molar-refractivity contribution in [2.45, 2.75) is 40.0 Å². The Bertz CT molecular complexity index is 179. The van der Waals surface area contributed by atoms with Gasteiger partial charge in [0.25, 0.3) is 0 Å². The molecule has 0 aromatic carbocycles. The Balaban J connectivity index is 2.19. The van der Waals surface area contributed by atoms with Gasteiger partial charge >= 0.3 is 0 Å². The van der Waals surface area contributed by atoms with Crippen molar-refractivity contribution in [2.24, 2.45) is 10.8 Å². The van der Waals surface area contributed by atoms with E-state index in [1.807, 2.05) is 0 Å². The molecule has 1 N–H and O–H groups in total. The van der Waals surface area contributed by atoms with Crippen LogP contribution in [0.4, 0.5) is 0 Å². The smallest absolute Gasteiger partial charge is 0.0499 e. The summed E-state index contributed by atoms with van der Waals surface area (Å²) in [4.78, 5) is 2.37. The fourth-order valence-corrected chi connectivity index (χ4v) is 1.72. The van der Waals surface area contributed by atoms with Crippen molar-refractivity contribution >= 4 is 0 Å². The first kappa shape index (κ1) is 12.0. The van der Waals surface area contributed by atoms with Gasteiger partial charge in [-0.1, -0.05) is 20.8 Å². The summed E-state index contributed by atoms with van der Waals surface area (Å²) in [6, 6.07) is 0. The Kier molecular flexibility index (Phi) is 3.59. The van der Waals surface area contributed by atoms with Gasteiger partial charge in [0, 0.05) is 18.6 Å². The first-order chi connectivity index (χ1) is 6.37. The SMILES string of the molecule is CN(CCC(C)(C)C)CC1(CO)CC1. The highest BCUT2D eigenvalue weighted by molar-refractivity contribution is 4.94. The number of aliphatic hydroxyl groups excluding tert-OH is 1. The van der Waals surface area contributed by atoms with Crippen molar-refractivity contribution in [1.29, 1.82) is 0 Å². The zero-order chi connectivity index (χ0) is 10.8. The van der Waals surface area contributed by atoms with Crippen LogP contribution in [-0.2, 0) is 0 Å². The lowest BCUT2D eigenvalue weighted by Gasteiger charge is -2.26. The summed E-state index contributed by atoms with van der Waals surface area (Å²) < 4.78 is 0. The number of aliphatic hydroxyl groups is 1. The quantitative estimate of drug-likeness (QED) is 0.733. The van der Waals surface area contributed by atoms with Crippen molar-refractivity contribution in [3.8, 4) is 0 Å². The van der Waals surface area contributed by atoms with Crippen LogP contribution < -0.4 is 0 Å². The second-order valence-corrected chi connectivity index (χ2v) is 6.21. The summed E-state index contributed by atoms with van der Waals surface area (Å²) in [6.07, 6.45) is 3.65. The molecule has 2 nitrogen and oxygen atoms in total. The van der Waals surface area contributed by atoms with Gasteiger partial charge in [-0.15, -0.1) is 0 Å². The van der Waals surface area contributed by atoms with Crippen molar-refractivity contribution in [1.82, 2.24) is 4.90 Å². The molecule has 2 heteroatoms. The molecule has 1 fully saturated rings. The molecule has 0 spiro atoms. The fourth-order valence-electron chi connectivity index (χ4n) is 1.72. The molecule has 0 amide bonds. The Morgan fingerprint density at radius 3 is 2.21 bits per heavy atom. The predicted octanol–water partition coefficient (Wildman–Crippen LogP) is 2.13. The second kappa shape index (κ2) is 4.19. The van der Waals surface area contributed by atoms with Crippen LogP contribution in [0.5, 0.6) is 0 Å². The maximum absolute atomic E-state index is 9.21. The molecule has 0 atom stereocenters. The molecule has 14 heavy (non-hydrogen) atoms. The summed E-state index contributed by atoms with van der Waals surface area (Å²) in [7, 11) is 2.17. The van der Waals surface area contributed by atoms with E-state index in [-0.39, 0.29) is 5.41 Å². The molecule has 0 aromatic heterocycles. The monoisotopic (exact) mass is 199 g/mol. The van der Waals surface area contributed by atoms with Crippen molar-refractivity contribution in [2.75, 3.05) is 26.7 Å². The van der Waals surface area contributed by atoms with Gasteiger partial charge in [-0.2, -0.15) is 0 Å². The molecule has 0 saturated heterocycles. The van der Waals surface area contributed by atoms with Gasteiger partial charge in [0.15, 0.2) is 0 Å². The molecule has 0 unspecified atom stereocenters. The molecule has 0 aromatic rings. The summed E-state index contributed by atoms with van der Waals surface area (Å²) in [5.74, 6) is 0. The number of nitrogens with zero attached hydrogens (tertiary/aromatic N) is 1. The van der Waals surface area contributed by atoms with E-state index in [1.165, 1.54) is 19.3 Å². The highest BCUT2D eigenvalue weighted by Crippen LogP contribution is 2.45. The van der Waals surface area contributed by atoms with E-state index in [1.54, 1.807) is 0 Å². The fraction of sp³-hybridized carbons (Fsp3) is 1.00. The molecule has 1 aliphatic carbocycles. The van der Waals surface area contributed by atoms with Crippen molar-refractivity contribution < 1.29 is 5.11 Å². The van der Waals surface area contributed by atoms with E-state index >= 15 is 0 Å². The third kappa shape index (κ3) is 3.97. The van der Waals surface area contributed by atoms with E-state index in [0.717, 1.165) is 13.1 Å². The first-order valence-electron chi connectivity index (χ1n) is 5.66. The minimum atomic E-state index is 0.270. The van der Waals surface area contributed by atoms with Crippen LogP contribution in [0, 0.1) is 10.8 Å².